The number of aromatic nitrogens is 1. The molecule has 0 aromatic carbocycles. The zero-order chi connectivity index (χ0) is 10.8. The summed E-state index contributed by atoms with van der Waals surface area (Å²) in [5.41, 5.74) is 1.21. The van der Waals surface area contributed by atoms with E-state index in [2.05, 4.69) is 9.71 Å². The van der Waals surface area contributed by atoms with Gasteiger partial charge in [-0.05, 0) is 18.6 Å². The molecule has 0 amide bonds. The fourth-order valence-electron chi connectivity index (χ4n) is 0.992. The van der Waals surface area contributed by atoms with E-state index in [0.29, 0.717) is 5.69 Å². The van der Waals surface area contributed by atoms with Crippen molar-refractivity contribution in [1.82, 2.24) is 4.98 Å². The molecule has 0 aliphatic carbocycles. The van der Waals surface area contributed by atoms with Gasteiger partial charge < -0.3 is 4.74 Å². The smallest absolute Gasteiger partial charge is 0.238 e. The van der Waals surface area contributed by atoms with Crippen LogP contribution in [0.25, 0.3) is 0 Å². The van der Waals surface area contributed by atoms with E-state index < -0.39 is 10.0 Å². The van der Waals surface area contributed by atoms with E-state index in [4.69, 9.17) is 4.74 Å². The Kier molecular flexibility index (Phi) is 2.95. The third-order valence-electron chi connectivity index (χ3n) is 1.48. The lowest BCUT2D eigenvalue weighted by Gasteiger charge is -2.08. The van der Waals surface area contributed by atoms with Crippen LogP contribution in [0.4, 0.5) is 5.69 Å². The van der Waals surface area contributed by atoms with Crippen LogP contribution in [0.15, 0.2) is 12.3 Å². The molecule has 0 atom stereocenters. The van der Waals surface area contributed by atoms with Crippen molar-refractivity contribution in [3.63, 3.8) is 0 Å². The Morgan fingerprint density at radius 2 is 2.14 bits per heavy atom. The minimum Gasteiger partial charge on any atom is -0.480 e. The van der Waals surface area contributed by atoms with Gasteiger partial charge in [-0.3, -0.25) is 4.72 Å². The first-order chi connectivity index (χ1) is 6.42. The van der Waals surface area contributed by atoms with E-state index >= 15 is 0 Å². The lowest BCUT2D eigenvalue weighted by molar-refractivity contribution is 0.400. The molecule has 0 unspecified atom stereocenters. The molecule has 1 rings (SSSR count). The molecule has 1 N–H and O–H groups in total. The van der Waals surface area contributed by atoms with Gasteiger partial charge in [-0.25, -0.2) is 13.4 Å². The Morgan fingerprint density at radius 3 is 2.64 bits per heavy atom. The monoisotopic (exact) mass is 216 g/mol. The molecule has 5 nitrogen and oxygen atoms in total. The van der Waals surface area contributed by atoms with Crippen LogP contribution in [0.3, 0.4) is 0 Å². The number of nitrogens with one attached hydrogen (secondary N) is 1. The number of nitrogens with zero attached hydrogens (tertiary/aromatic N) is 1. The van der Waals surface area contributed by atoms with Crippen molar-refractivity contribution in [2.24, 2.45) is 0 Å². The fraction of sp³-hybridized carbons (Fsp3) is 0.375. The van der Waals surface area contributed by atoms with E-state index in [-0.39, 0.29) is 5.88 Å². The molecule has 0 bridgehead atoms. The minimum absolute atomic E-state index is 0.265. The minimum atomic E-state index is -3.30. The van der Waals surface area contributed by atoms with Gasteiger partial charge in [0.1, 0.15) is 5.69 Å². The van der Waals surface area contributed by atoms with Gasteiger partial charge in [-0.1, -0.05) is 0 Å². The molecule has 1 aromatic heterocycles. The van der Waals surface area contributed by atoms with Crippen LogP contribution in [-0.2, 0) is 10.0 Å². The maximum absolute atomic E-state index is 11.0. The van der Waals surface area contributed by atoms with E-state index in [1.807, 2.05) is 6.92 Å². The lowest BCUT2D eigenvalue weighted by Crippen LogP contribution is -2.11. The molecular formula is C8H12N2O3S. The molecule has 0 spiro atoms. The highest BCUT2D eigenvalue weighted by Crippen LogP contribution is 2.22. The highest BCUT2D eigenvalue weighted by Gasteiger charge is 2.08. The summed E-state index contributed by atoms with van der Waals surface area (Å²) in [6.45, 7) is 1.82. The summed E-state index contributed by atoms with van der Waals surface area (Å²) < 4.78 is 29.2. The van der Waals surface area contributed by atoms with Gasteiger partial charge in [0.15, 0.2) is 0 Å². The van der Waals surface area contributed by atoms with Crippen molar-refractivity contribution in [3.05, 3.63) is 17.8 Å². The largest absolute Gasteiger partial charge is 0.480 e. The van der Waals surface area contributed by atoms with Gasteiger partial charge in [-0.15, -0.1) is 0 Å². The topological polar surface area (TPSA) is 68.3 Å². The molecule has 0 radical (unpaired) electrons. The molecule has 1 aromatic rings. The normalized spacial score (nSPS) is 11.1. The Morgan fingerprint density at radius 1 is 1.50 bits per heavy atom. The van der Waals surface area contributed by atoms with Crippen LogP contribution in [0.1, 0.15) is 5.56 Å². The van der Waals surface area contributed by atoms with Gasteiger partial charge in [0.05, 0.1) is 13.4 Å². The van der Waals surface area contributed by atoms with Gasteiger partial charge in [0.2, 0.25) is 15.9 Å². The Labute approximate surface area is 83.2 Å². The second kappa shape index (κ2) is 3.83. The van der Waals surface area contributed by atoms with Gasteiger partial charge >= 0.3 is 0 Å². The van der Waals surface area contributed by atoms with Crippen molar-refractivity contribution in [3.8, 4) is 5.88 Å². The molecular weight excluding hydrogens is 204 g/mol. The number of ether oxygens (including phenoxy) is 1. The zero-order valence-corrected chi connectivity index (χ0v) is 9.05. The number of sulfonamides is 1. The number of hydrogen-bond donors (Lipinski definition) is 1. The summed E-state index contributed by atoms with van der Waals surface area (Å²) in [5, 5.41) is 0. The number of hydrogen-bond acceptors (Lipinski definition) is 4. The van der Waals surface area contributed by atoms with Crippen LogP contribution < -0.4 is 9.46 Å². The summed E-state index contributed by atoms with van der Waals surface area (Å²) >= 11 is 0. The maximum Gasteiger partial charge on any atom is 0.238 e. The number of pyridine rings is 1. The molecule has 0 aliphatic heterocycles. The first-order valence-corrected chi connectivity index (χ1v) is 5.80. The third kappa shape index (κ3) is 2.88. The highest BCUT2D eigenvalue weighted by molar-refractivity contribution is 7.92. The summed E-state index contributed by atoms with van der Waals surface area (Å²) in [6.07, 6.45) is 2.68. The Bertz CT molecular complexity index is 428. The van der Waals surface area contributed by atoms with Gasteiger partial charge in [-0.2, -0.15) is 0 Å². The van der Waals surface area contributed by atoms with Crippen molar-refractivity contribution in [2.45, 2.75) is 6.92 Å². The maximum atomic E-state index is 11.0. The molecule has 14 heavy (non-hydrogen) atoms. The molecule has 78 valence electrons. The number of aryl methyl sites for hydroxylation is 1. The quantitative estimate of drug-likeness (QED) is 0.810. The third-order valence-corrected chi connectivity index (χ3v) is 2.07. The van der Waals surface area contributed by atoms with Crippen molar-refractivity contribution in [1.29, 1.82) is 0 Å². The SMILES string of the molecule is COc1ncc(C)cc1NS(C)(=O)=O. The van der Waals surface area contributed by atoms with E-state index in [1.165, 1.54) is 7.11 Å². The molecule has 0 aliphatic rings. The van der Waals surface area contributed by atoms with Crippen molar-refractivity contribution in [2.75, 3.05) is 18.1 Å². The summed E-state index contributed by atoms with van der Waals surface area (Å²) in [4.78, 5) is 3.93. The highest BCUT2D eigenvalue weighted by atomic mass is 32.2. The van der Waals surface area contributed by atoms with Crippen molar-refractivity contribution >= 4 is 15.7 Å². The Hall–Kier alpha value is -1.30. The number of methoxy groups -OCH3 is 1. The van der Waals surface area contributed by atoms with Crippen LogP contribution in [0.2, 0.25) is 0 Å². The van der Waals surface area contributed by atoms with E-state index in [0.717, 1.165) is 11.8 Å². The summed E-state index contributed by atoms with van der Waals surface area (Å²) in [5.74, 6) is 0.265. The van der Waals surface area contributed by atoms with Gasteiger partial charge in [0.25, 0.3) is 0 Å². The predicted molar refractivity (Wildman–Crippen MR) is 54.0 cm³/mol. The van der Waals surface area contributed by atoms with Crippen LogP contribution in [0, 0.1) is 6.92 Å². The average molecular weight is 216 g/mol. The second-order valence-corrected chi connectivity index (χ2v) is 4.69. The molecule has 6 heteroatoms. The first-order valence-electron chi connectivity index (χ1n) is 3.91. The summed E-state index contributed by atoms with van der Waals surface area (Å²) in [6, 6.07) is 1.66. The Balaban J connectivity index is 3.11. The molecule has 0 saturated heterocycles. The lowest BCUT2D eigenvalue weighted by atomic mass is 10.3. The first kappa shape index (κ1) is 10.8. The predicted octanol–water partition coefficient (Wildman–Crippen LogP) is 0.770. The number of anilines is 1. The molecule has 0 fully saturated rings. The van der Waals surface area contributed by atoms with Crippen molar-refractivity contribution < 1.29 is 13.2 Å². The van der Waals surface area contributed by atoms with Crippen LogP contribution in [0.5, 0.6) is 5.88 Å². The van der Waals surface area contributed by atoms with Crippen LogP contribution in [-0.4, -0.2) is 26.8 Å². The van der Waals surface area contributed by atoms with E-state index in [9.17, 15) is 8.42 Å². The van der Waals surface area contributed by atoms with Gasteiger partial charge in [0, 0.05) is 6.20 Å². The molecule has 1 heterocycles. The van der Waals surface area contributed by atoms with E-state index in [1.54, 1.807) is 12.3 Å². The standard InChI is InChI=1S/C8H12N2O3S/c1-6-4-7(10-14(3,11)12)8(13-2)9-5-6/h4-5,10H,1-3H3. The molecule has 0 saturated carbocycles. The second-order valence-electron chi connectivity index (χ2n) is 2.94. The number of rotatable bonds is 3. The van der Waals surface area contributed by atoms with Crippen LogP contribution >= 0.6 is 0 Å². The zero-order valence-electron chi connectivity index (χ0n) is 8.23. The average Bonchev–Trinajstić information content (AvgIpc) is 2.01. The fourth-order valence-corrected chi connectivity index (χ4v) is 1.54. The summed E-state index contributed by atoms with van der Waals surface area (Å²) in [7, 11) is -1.86.